The molecular weight excluding hydrogens is 246 g/mol. The van der Waals surface area contributed by atoms with Crippen molar-refractivity contribution in [3.8, 4) is 0 Å². The van der Waals surface area contributed by atoms with Gasteiger partial charge in [-0.2, -0.15) is 0 Å². The van der Waals surface area contributed by atoms with E-state index in [1.165, 1.54) is 4.70 Å². The number of carbonyl (C=O) groups excluding carboxylic acids is 1. The van der Waals surface area contributed by atoms with Crippen molar-refractivity contribution >= 4 is 27.3 Å². The number of β-amino-alcohol motifs (C(OH)–C–C–N with tert-alkyl or cyclic N) is 1. The third kappa shape index (κ3) is 2.13. The number of likely N-dealkylation sites (tertiary alicyclic amines) is 1. The number of carbonyl (C=O) groups is 1. The molecule has 3 nitrogen and oxygen atoms in total. The zero-order valence-corrected chi connectivity index (χ0v) is 10.8. The quantitative estimate of drug-likeness (QED) is 0.857. The van der Waals surface area contributed by atoms with Crippen LogP contribution in [-0.2, 0) is 0 Å². The van der Waals surface area contributed by atoms with Gasteiger partial charge in [-0.3, -0.25) is 4.79 Å². The molecule has 1 aromatic carbocycles. The van der Waals surface area contributed by atoms with Crippen LogP contribution in [0.25, 0.3) is 10.1 Å². The van der Waals surface area contributed by atoms with Crippen LogP contribution in [0.3, 0.4) is 0 Å². The highest BCUT2D eigenvalue weighted by Gasteiger charge is 2.23. The maximum atomic E-state index is 12.3. The van der Waals surface area contributed by atoms with Crippen molar-refractivity contribution < 1.29 is 9.90 Å². The van der Waals surface area contributed by atoms with Crippen molar-refractivity contribution in [2.45, 2.75) is 18.9 Å². The minimum Gasteiger partial charge on any atom is -0.391 e. The Hall–Kier alpha value is -1.39. The molecule has 1 aliphatic heterocycles. The fourth-order valence-electron chi connectivity index (χ4n) is 2.42. The molecule has 1 amide bonds. The number of aliphatic hydroxyl groups excluding tert-OH is 1. The van der Waals surface area contributed by atoms with Crippen LogP contribution >= 0.6 is 11.3 Å². The van der Waals surface area contributed by atoms with Crippen LogP contribution in [0.5, 0.6) is 0 Å². The van der Waals surface area contributed by atoms with E-state index >= 15 is 0 Å². The van der Waals surface area contributed by atoms with E-state index in [0.29, 0.717) is 6.54 Å². The number of amides is 1. The van der Waals surface area contributed by atoms with Crippen molar-refractivity contribution in [1.82, 2.24) is 4.90 Å². The predicted octanol–water partition coefficient (Wildman–Crippen LogP) is 2.50. The lowest BCUT2D eigenvalue weighted by Crippen LogP contribution is -2.42. The number of rotatable bonds is 1. The van der Waals surface area contributed by atoms with Gasteiger partial charge in [0.1, 0.15) is 0 Å². The van der Waals surface area contributed by atoms with Crippen LogP contribution in [0, 0.1) is 0 Å². The Morgan fingerprint density at radius 2 is 2.28 bits per heavy atom. The average Bonchev–Trinajstić information content (AvgIpc) is 2.85. The molecule has 1 atom stereocenters. The van der Waals surface area contributed by atoms with Gasteiger partial charge in [-0.25, -0.2) is 0 Å². The molecule has 0 spiro atoms. The SMILES string of the molecule is O=C(c1ccc2sccc2c1)N1CCCC(O)C1. The monoisotopic (exact) mass is 261 g/mol. The molecule has 1 unspecified atom stereocenters. The van der Waals surface area contributed by atoms with Crippen molar-refractivity contribution in [3.63, 3.8) is 0 Å². The Labute approximate surface area is 110 Å². The molecule has 3 rings (SSSR count). The van der Waals surface area contributed by atoms with Crippen LogP contribution in [0.4, 0.5) is 0 Å². The molecule has 1 aromatic heterocycles. The summed E-state index contributed by atoms with van der Waals surface area (Å²) in [6.07, 6.45) is 1.31. The van der Waals surface area contributed by atoms with Crippen LogP contribution in [0.2, 0.25) is 0 Å². The number of piperidine rings is 1. The Morgan fingerprint density at radius 3 is 3.11 bits per heavy atom. The van der Waals surface area contributed by atoms with E-state index in [1.807, 2.05) is 29.6 Å². The first-order chi connectivity index (χ1) is 8.74. The van der Waals surface area contributed by atoms with E-state index in [9.17, 15) is 9.90 Å². The minimum atomic E-state index is -0.368. The smallest absolute Gasteiger partial charge is 0.253 e. The molecule has 94 valence electrons. The number of aliphatic hydroxyl groups is 1. The first-order valence-corrected chi connectivity index (χ1v) is 7.06. The van der Waals surface area contributed by atoms with E-state index in [0.717, 1.165) is 30.3 Å². The van der Waals surface area contributed by atoms with Gasteiger partial charge >= 0.3 is 0 Å². The molecule has 0 saturated carbocycles. The lowest BCUT2D eigenvalue weighted by atomic mass is 10.1. The number of hydrogen-bond donors (Lipinski definition) is 1. The third-order valence-corrected chi connectivity index (χ3v) is 4.28. The summed E-state index contributed by atoms with van der Waals surface area (Å²) in [5.41, 5.74) is 0.718. The second kappa shape index (κ2) is 4.71. The molecule has 1 fully saturated rings. The molecule has 0 radical (unpaired) electrons. The highest BCUT2D eigenvalue weighted by atomic mass is 32.1. The molecule has 4 heteroatoms. The van der Waals surface area contributed by atoms with Crippen LogP contribution < -0.4 is 0 Å². The van der Waals surface area contributed by atoms with E-state index in [-0.39, 0.29) is 12.0 Å². The predicted molar refractivity (Wildman–Crippen MR) is 73.0 cm³/mol. The van der Waals surface area contributed by atoms with Gasteiger partial charge in [0.15, 0.2) is 0 Å². The first-order valence-electron chi connectivity index (χ1n) is 6.18. The number of benzene rings is 1. The van der Waals surface area contributed by atoms with Gasteiger partial charge in [-0.05, 0) is 47.9 Å². The van der Waals surface area contributed by atoms with E-state index in [1.54, 1.807) is 16.2 Å². The standard InChI is InChI=1S/C14H15NO2S/c16-12-2-1-6-15(9-12)14(17)11-3-4-13-10(8-11)5-7-18-13/h3-5,7-8,12,16H,1-2,6,9H2. The Morgan fingerprint density at radius 1 is 1.39 bits per heavy atom. The van der Waals surface area contributed by atoms with Crippen molar-refractivity contribution in [3.05, 3.63) is 35.2 Å². The maximum absolute atomic E-state index is 12.3. The average molecular weight is 261 g/mol. The summed E-state index contributed by atoms with van der Waals surface area (Å²) in [7, 11) is 0. The Balaban J connectivity index is 1.86. The molecule has 2 aromatic rings. The topological polar surface area (TPSA) is 40.5 Å². The largest absolute Gasteiger partial charge is 0.391 e. The summed E-state index contributed by atoms with van der Waals surface area (Å²) in [6, 6.07) is 7.84. The van der Waals surface area contributed by atoms with E-state index in [4.69, 9.17) is 0 Å². The fourth-order valence-corrected chi connectivity index (χ4v) is 3.19. The van der Waals surface area contributed by atoms with Gasteiger partial charge in [0.2, 0.25) is 0 Å². The summed E-state index contributed by atoms with van der Waals surface area (Å²) in [4.78, 5) is 14.1. The Kier molecular flexibility index (Phi) is 3.06. The van der Waals surface area contributed by atoms with E-state index < -0.39 is 0 Å². The Bertz CT molecular complexity index is 578. The van der Waals surface area contributed by atoms with Crippen LogP contribution in [0.15, 0.2) is 29.6 Å². The summed E-state index contributed by atoms with van der Waals surface area (Å²) in [5.74, 6) is 0.0295. The summed E-state index contributed by atoms with van der Waals surface area (Å²) in [5, 5.41) is 12.8. The molecular formula is C14H15NO2S. The highest BCUT2D eigenvalue weighted by molar-refractivity contribution is 7.17. The zero-order valence-electron chi connectivity index (χ0n) is 10.0. The summed E-state index contributed by atoms with van der Waals surface area (Å²) < 4.78 is 1.20. The van der Waals surface area contributed by atoms with Gasteiger partial charge in [0.05, 0.1) is 6.10 Å². The second-order valence-corrected chi connectivity index (χ2v) is 5.67. The van der Waals surface area contributed by atoms with Crippen molar-refractivity contribution in [1.29, 1.82) is 0 Å². The molecule has 0 aliphatic carbocycles. The van der Waals surface area contributed by atoms with E-state index in [2.05, 4.69) is 0 Å². The second-order valence-electron chi connectivity index (χ2n) is 4.72. The number of nitrogens with zero attached hydrogens (tertiary/aromatic N) is 1. The molecule has 1 saturated heterocycles. The molecule has 1 aliphatic rings. The number of fused-ring (bicyclic) bond motifs is 1. The van der Waals surface area contributed by atoms with Crippen molar-refractivity contribution in [2.24, 2.45) is 0 Å². The number of hydrogen-bond acceptors (Lipinski definition) is 3. The van der Waals surface area contributed by atoms with Crippen molar-refractivity contribution in [2.75, 3.05) is 13.1 Å². The van der Waals surface area contributed by atoms with Gasteiger partial charge < -0.3 is 10.0 Å². The normalized spacial score (nSPS) is 20.3. The van der Waals surface area contributed by atoms with Gasteiger partial charge in [0.25, 0.3) is 5.91 Å². The van der Waals surface area contributed by atoms with Gasteiger partial charge in [0, 0.05) is 23.4 Å². The summed E-state index contributed by atoms with van der Waals surface area (Å²) >= 11 is 1.68. The molecule has 2 heterocycles. The first kappa shape index (κ1) is 11.7. The lowest BCUT2D eigenvalue weighted by molar-refractivity contribution is 0.0474. The third-order valence-electron chi connectivity index (χ3n) is 3.38. The zero-order chi connectivity index (χ0) is 12.5. The van der Waals surface area contributed by atoms with Crippen LogP contribution in [-0.4, -0.2) is 35.1 Å². The lowest BCUT2D eigenvalue weighted by Gasteiger charge is -2.30. The number of thiophene rings is 1. The van der Waals surface area contributed by atoms with Gasteiger partial charge in [-0.1, -0.05) is 0 Å². The minimum absolute atomic E-state index is 0.0295. The highest BCUT2D eigenvalue weighted by Crippen LogP contribution is 2.23. The summed E-state index contributed by atoms with van der Waals surface area (Å²) in [6.45, 7) is 1.21. The van der Waals surface area contributed by atoms with Gasteiger partial charge in [-0.15, -0.1) is 11.3 Å². The molecule has 1 N–H and O–H groups in total. The molecule has 18 heavy (non-hydrogen) atoms. The molecule has 0 bridgehead atoms. The maximum Gasteiger partial charge on any atom is 0.253 e. The fraction of sp³-hybridized carbons (Fsp3) is 0.357. The van der Waals surface area contributed by atoms with Crippen LogP contribution in [0.1, 0.15) is 23.2 Å².